The zero-order valence-corrected chi connectivity index (χ0v) is 12.0. The van der Waals surface area contributed by atoms with Crippen molar-refractivity contribution in [2.45, 2.75) is 19.9 Å². The van der Waals surface area contributed by atoms with Gasteiger partial charge in [-0.3, -0.25) is 0 Å². The van der Waals surface area contributed by atoms with E-state index in [0.717, 1.165) is 26.7 Å². The van der Waals surface area contributed by atoms with Gasteiger partial charge >= 0.3 is 0 Å². The van der Waals surface area contributed by atoms with Crippen molar-refractivity contribution in [1.82, 2.24) is 0 Å². The number of hydrogen-bond acceptors (Lipinski definition) is 1. The van der Waals surface area contributed by atoms with E-state index in [-0.39, 0.29) is 11.9 Å². The quantitative estimate of drug-likeness (QED) is 0.881. The highest BCUT2D eigenvalue weighted by atomic mass is 79.9. The van der Waals surface area contributed by atoms with Gasteiger partial charge in [0.15, 0.2) is 0 Å². The van der Waals surface area contributed by atoms with Crippen LogP contribution in [0.4, 0.5) is 4.39 Å². The van der Waals surface area contributed by atoms with Crippen molar-refractivity contribution in [2.24, 2.45) is 5.73 Å². The number of nitrogens with two attached hydrogens (primary N) is 1. The van der Waals surface area contributed by atoms with E-state index in [1.807, 2.05) is 13.8 Å². The first kappa shape index (κ1) is 13.2. The van der Waals surface area contributed by atoms with Gasteiger partial charge in [0.1, 0.15) is 5.82 Å². The Hall–Kier alpha value is -1.19. The van der Waals surface area contributed by atoms with Gasteiger partial charge in [-0.05, 0) is 48.2 Å². The van der Waals surface area contributed by atoms with E-state index in [1.54, 1.807) is 12.1 Å². The predicted octanol–water partition coefficient (Wildman–Crippen LogP) is 4.25. The molecule has 18 heavy (non-hydrogen) atoms. The molecule has 0 aliphatic carbocycles. The molecule has 0 aromatic heterocycles. The van der Waals surface area contributed by atoms with Gasteiger partial charge < -0.3 is 5.73 Å². The van der Waals surface area contributed by atoms with Crippen LogP contribution >= 0.6 is 15.9 Å². The van der Waals surface area contributed by atoms with Gasteiger partial charge in [0.25, 0.3) is 0 Å². The van der Waals surface area contributed by atoms with E-state index < -0.39 is 0 Å². The topological polar surface area (TPSA) is 26.0 Å². The van der Waals surface area contributed by atoms with Crippen LogP contribution in [0.25, 0.3) is 0 Å². The van der Waals surface area contributed by atoms with Crippen LogP contribution in [0.2, 0.25) is 0 Å². The molecule has 1 atom stereocenters. The van der Waals surface area contributed by atoms with Crippen LogP contribution in [-0.4, -0.2) is 0 Å². The number of benzene rings is 2. The third-order valence-corrected chi connectivity index (χ3v) is 4.30. The normalized spacial score (nSPS) is 12.5. The molecule has 0 saturated carbocycles. The summed E-state index contributed by atoms with van der Waals surface area (Å²) in [5.41, 5.74) is 10.5. The summed E-state index contributed by atoms with van der Waals surface area (Å²) in [5, 5.41) is 0. The molecule has 0 bridgehead atoms. The zero-order valence-electron chi connectivity index (χ0n) is 10.4. The van der Waals surface area contributed by atoms with Gasteiger partial charge in [-0.25, -0.2) is 4.39 Å². The second kappa shape index (κ2) is 5.21. The summed E-state index contributed by atoms with van der Waals surface area (Å²) in [7, 11) is 0. The Bertz CT molecular complexity index is 540. The van der Waals surface area contributed by atoms with Gasteiger partial charge in [-0.2, -0.15) is 0 Å². The van der Waals surface area contributed by atoms with Crippen LogP contribution in [0.3, 0.4) is 0 Å². The van der Waals surface area contributed by atoms with Crippen LogP contribution < -0.4 is 5.73 Å². The van der Waals surface area contributed by atoms with E-state index >= 15 is 0 Å². The molecule has 2 aromatic carbocycles. The highest BCUT2D eigenvalue weighted by Crippen LogP contribution is 2.27. The third-order valence-electron chi connectivity index (χ3n) is 3.05. The second-order valence-corrected chi connectivity index (χ2v) is 5.29. The summed E-state index contributed by atoms with van der Waals surface area (Å²) in [6.07, 6.45) is 0. The molecule has 1 nitrogen and oxygen atoms in total. The second-order valence-electron chi connectivity index (χ2n) is 4.50. The van der Waals surface area contributed by atoms with Crippen molar-refractivity contribution < 1.29 is 4.39 Å². The van der Waals surface area contributed by atoms with E-state index in [4.69, 9.17) is 5.73 Å². The SMILES string of the molecule is Cc1cc(C(N)c2ccc(F)cc2)cc(C)c1Br. The van der Waals surface area contributed by atoms with E-state index in [2.05, 4.69) is 28.1 Å². The summed E-state index contributed by atoms with van der Waals surface area (Å²) in [5.74, 6) is -0.242. The van der Waals surface area contributed by atoms with Crippen LogP contribution in [-0.2, 0) is 0 Å². The Kier molecular flexibility index (Phi) is 3.83. The fourth-order valence-corrected chi connectivity index (χ4v) is 2.25. The molecule has 3 heteroatoms. The minimum absolute atomic E-state index is 0.226. The molecule has 2 rings (SSSR count). The fourth-order valence-electron chi connectivity index (χ4n) is 2.02. The van der Waals surface area contributed by atoms with Crippen molar-refractivity contribution >= 4 is 15.9 Å². The van der Waals surface area contributed by atoms with Crippen LogP contribution in [0.15, 0.2) is 40.9 Å². The first-order chi connectivity index (χ1) is 8.49. The summed E-state index contributed by atoms with van der Waals surface area (Å²) >= 11 is 3.54. The number of aryl methyl sites for hydroxylation is 2. The Labute approximate surface area is 115 Å². The Morgan fingerprint density at radius 3 is 2.00 bits per heavy atom. The average Bonchev–Trinajstić information content (AvgIpc) is 2.35. The Morgan fingerprint density at radius 2 is 1.50 bits per heavy atom. The summed E-state index contributed by atoms with van der Waals surface area (Å²) in [4.78, 5) is 0. The van der Waals surface area contributed by atoms with Crippen molar-refractivity contribution in [2.75, 3.05) is 0 Å². The van der Waals surface area contributed by atoms with E-state index in [9.17, 15) is 4.39 Å². The zero-order chi connectivity index (χ0) is 13.3. The molecule has 2 N–H and O–H groups in total. The third kappa shape index (κ3) is 2.62. The van der Waals surface area contributed by atoms with Crippen LogP contribution in [0.5, 0.6) is 0 Å². The molecule has 1 unspecified atom stereocenters. The molecular formula is C15H15BrFN. The van der Waals surface area contributed by atoms with Gasteiger partial charge in [-0.15, -0.1) is 0 Å². The number of rotatable bonds is 2. The van der Waals surface area contributed by atoms with Crippen LogP contribution in [0, 0.1) is 19.7 Å². The van der Waals surface area contributed by atoms with E-state index in [1.165, 1.54) is 12.1 Å². The molecule has 94 valence electrons. The fraction of sp³-hybridized carbons (Fsp3) is 0.200. The highest BCUT2D eigenvalue weighted by molar-refractivity contribution is 9.10. The molecule has 0 heterocycles. The molecule has 0 radical (unpaired) electrons. The Balaban J connectivity index is 2.39. The minimum atomic E-state index is -0.242. The minimum Gasteiger partial charge on any atom is -0.320 e. The maximum absolute atomic E-state index is 12.9. The van der Waals surface area contributed by atoms with E-state index in [0.29, 0.717) is 0 Å². The Morgan fingerprint density at radius 1 is 1.00 bits per heavy atom. The molecule has 0 amide bonds. The molecule has 0 aliphatic heterocycles. The van der Waals surface area contributed by atoms with Gasteiger partial charge in [0, 0.05) is 4.47 Å². The van der Waals surface area contributed by atoms with Crippen molar-refractivity contribution in [3.63, 3.8) is 0 Å². The lowest BCUT2D eigenvalue weighted by molar-refractivity contribution is 0.626. The largest absolute Gasteiger partial charge is 0.320 e. The van der Waals surface area contributed by atoms with Gasteiger partial charge in [0.2, 0.25) is 0 Å². The summed E-state index contributed by atoms with van der Waals surface area (Å²) in [6, 6.07) is 10.2. The summed E-state index contributed by atoms with van der Waals surface area (Å²) < 4.78 is 14.0. The maximum atomic E-state index is 12.9. The van der Waals surface area contributed by atoms with Crippen LogP contribution in [0.1, 0.15) is 28.3 Å². The van der Waals surface area contributed by atoms with Crippen molar-refractivity contribution in [3.05, 3.63) is 68.9 Å². The standard InChI is InChI=1S/C15H15BrFN/c1-9-7-12(8-10(2)14(9)16)15(18)11-3-5-13(17)6-4-11/h3-8,15H,18H2,1-2H3. The van der Waals surface area contributed by atoms with Gasteiger partial charge in [0.05, 0.1) is 6.04 Å². The maximum Gasteiger partial charge on any atom is 0.123 e. The first-order valence-corrected chi connectivity index (χ1v) is 6.56. The number of halogens is 2. The van der Waals surface area contributed by atoms with Crippen molar-refractivity contribution in [1.29, 1.82) is 0 Å². The van der Waals surface area contributed by atoms with Gasteiger partial charge in [-0.1, -0.05) is 40.2 Å². The highest BCUT2D eigenvalue weighted by Gasteiger charge is 2.11. The predicted molar refractivity (Wildman–Crippen MR) is 76.0 cm³/mol. The molecule has 0 spiro atoms. The lowest BCUT2D eigenvalue weighted by Crippen LogP contribution is -2.12. The lowest BCUT2D eigenvalue weighted by atomic mass is 9.96. The molecule has 0 saturated heterocycles. The van der Waals surface area contributed by atoms with Crippen molar-refractivity contribution in [3.8, 4) is 0 Å². The first-order valence-electron chi connectivity index (χ1n) is 5.76. The molecular weight excluding hydrogens is 293 g/mol. The average molecular weight is 308 g/mol. The molecule has 0 aliphatic rings. The molecule has 0 fully saturated rings. The molecule has 2 aromatic rings. The monoisotopic (exact) mass is 307 g/mol. The summed E-state index contributed by atoms with van der Waals surface area (Å²) in [6.45, 7) is 4.08. The number of hydrogen-bond donors (Lipinski definition) is 1. The smallest absolute Gasteiger partial charge is 0.123 e. The lowest BCUT2D eigenvalue weighted by Gasteiger charge is -2.15.